The van der Waals surface area contributed by atoms with Gasteiger partial charge in [0.2, 0.25) is 0 Å². The summed E-state index contributed by atoms with van der Waals surface area (Å²) >= 11 is 0. The second-order valence-corrected chi connectivity index (χ2v) is 7.33. The Bertz CT molecular complexity index is 1020. The van der Waals surface area contributed by atoms with E-state index in [0.29, 0.717) is 30.3 Å². The molecule has 0 aliphatic carbocycles. The SMILES string of the molecule is O=C1N(c2cncc(C(F)(F)F)n2)C(=O)C2(CCNCC2)N1Cc1cc(F)cc(F)c1. The summed E-state index contributed by atoms with van der Waals surface area (Å²) < 4.78 is 66.5. The highest BCUT2D eigenvalue weighted by Gasteiger charge is 2.58. The molecule has 1 aromatic carbocycles. The summed E-state index contributed by atoms with van der Waals surface area (Å²) in [5.74, 6) is -3.01. The van der Waals surface area contributed by atoms with E-state index in [-0.39, 0.29) is 24.9 Å². The van der Waals surface area contributed by atoms with Crippen molar-refractivity contribution in [3.63, 3.8) is 0 Å². The molecule has 7 nitrogen and oxygen atoms in total. The van der Waals surface area contributed by atoms with Gasteiger partial charge in [-0.1, -0.05) is 0 Å². The van der Waals surface area contributed by atoms with Crippen molar-refractivity contribution in [3.8, 4) is 0 Å². The van der Waals surface area contributed by atoms with Gasteiger partial charge in [-0.3, -0.25) is 9.78 Å². The van der Waals surface area contributed by atoms with E-state index >= 15 is 0 Å². The third-order valence-corrected chi connectivity index (χ3v) is 5.38. The molecule has 0 bridgehead atoms. The van der Waals surface area contributed by atoms with Crippen LogP contribution in [0.4, 0.5) is 32.6 Å². The van der Waals surface area contributed by atoms with Crippen LogP contribution in [-0.4, -0.2) is 45.4 Å². The molecule has 31 heavy (non-hydrogen) atoms. The van der Waals surface area contributed by atoms with Gasteiger partial charge in [-0.25, -0.2) is 23.5 Å². The maximum Gasteiger partial charge on any atom is 0.434 e. The van der Waals surface area contributed by atoms with Gasteiger partial charge >= 0.3 is 12.2 Å². The number of halogens is 5. The van der Waals surface area contributed by atoms with Crippen LogP contribution in [0, 0.1) is 11.6 Å². The lowest BCUT2D eigenvalue weighted by atomic mass is 9.86. The van der Waals surface area contributed by atoms with E-state index in [1.807, 2.05) is 0 Å². The fourth-order valence-electron chi connectivity index (χ4n) is 3.94. The second-order valence-electron chi connectivity index (χ2n) is 7.33. The van der Waals surface area contributed by atoms with Crippen molar-refractivity contribution < 1.29 is 31.5 Å². The van der Waals surface area contributed by atoms with Crippen molar-refractivity contribution in [1.82, 2.24) is 20.2 Å². The lowest BCUT2D eigenvalue weighted by Crippen LogP contribution is -2.55. The number of hydrogen-bond acceptors (Lipinski definition) is 5. The van der Waals surface area contributed by atoms with Gasteiger partial charge in [0, 0.05) is 12.6 Å². The van der Waals surface area contributed by atoms with Gasteiger partial charge in [0.05, 0.1) is 12.4 Å². The van der Waals surface area contributed by atoms with Crippen LogP contribution in [0.5, 0.6) is 0 Å². The molecule has 3 amide bonds. The predicted molar refractivity (Wildman–Crippen MR) is 96.7 cm³/mol. The first-order valence-electron chi connectivity index (χ1n) is 9.33. The van der Waals surface area contributed by atoms with Crippen LogP contribution in [0.25, 0.3) is 0 Å². The van der Waals surface area contributed by atoms with E-state index < -0.39 is 46.8 Å². The van der Waals surface area contributed by atoms with Crippen LogP contribution in [0.2, 0.25) is 0 Å². The number of rotatable bonds is 3. The minimum Gasteiger partial charge on any atom is -0.317 e. The maximum absolute atomic E-state index is 13.7. The van der Waals surface area contributed by atoms with E-state index in [1.165, 1.54) is 0 Å². The number of piperidine rings is 1. The van der Waals surface area contributed by atoms with Crippen molar-refractivity contribution in [2.24, 2.45) is 0 Å². The average molecular weight is 441 g/mol. The number of alkyl halides is 3. The molecule has 2 saturated heterocycles. The van der Waals surface area contributed by atoms with Gasteiger partial charge in [-0.2, -0.15) is 13.2 Å². The molecule has 2 aliphatic heterocycles. The Balaban J connectivity index is 1.76. The third-order valence-electron chi connectivity index (χ3n) is 5.38. The Morgan fingerprint density at radius 3 is 2.29 bits per heavy atom. The van der Waals surface area contributed by atoms with Gasteiger partial charge < -0.3 is 10.2 Å². The van der Waals surface area contributed by atoms with Crippen LogP contribution < -0.4 is 10.2 Å². The lowest BCUT2D eigenvalue weighted by molar-refractivity contribution is -0.141. The molecule has 1 spiro atoms. The molecule has 164 valence electrons. The highest BCUT2D eigenvalue weighted by Crippen LogP contribution is 2.39. The fourth-order valence-corrected chi connectivity index (χ4v) is 3.94. The van der Waals surface area contributed by atoms with Gasteiger partial charge in [0.15, 0.2) is 11.5 Å². The number of imide groups is 1. The highest BCUT2D eigenvalue weighted by atomic mass is 19.4. The summed E-state index contributed by atoms with van der Waals surface area (Å²) in [6, 6.07) is 1.81. The Morgan fingerprint density at radius 1 is 1.03 bits per heavy atom. The number of nitrogens with one attached hydrogen (secondary N) is 1. The third kappa shape index (κ3) is 3.71. The normalized spacial score (nSPS) is 18.9. The van der Waals surface area contributed by atoms with Crippen molar-refractivity contribution in [3.05, 3.63) is 53.5 Å². The van der Waals surface area contributed by atoms with Crippen molar-refractivity contribution in [2.75, 3.05) is 18.0 Å². The van der Waals surface area contributed by atoms with Gasteiger partial charge in [-0.05, 0) is 43.6 Å². The zero-order valence-electron chi connectivity index (χ0n) is 15.9. The standard InChI is InChI=1S/C19H16F5N5O2/c20-12-5-11(6-13(21)7-12)10-28-17(31)29(16(30)18(28)1-3-25-4-2-18)15-9-26-8-14(27-15)19(22,23)24/h5-9,25H,1-4,10H2. The summed E-state index contributed by atoms with van der Waals surface area (Å²) in [4.78, 5) is 35.1. The van der Waals surface area contributed by atoms with Gasteiger partial charge in [-0.15, -0.1) is 0 Å². The van der Waals surface area contributed by atoms with Crippen LogP contribution in [0.1, 0.15) is 24.1 Å². The van der Waals surface area contributed by atoms with E-state index in [1.54, 1.807) is 0 Å². The first-order valence-corrected chi connectivity index (χ1v) is 9.33. The second kappa shape index (κ2) is 7.52. The average Bonchev–Trinajstić information content (AvgIpc) is 2.89. The van der Waals surface area contributed by atoms with Crippen LogP contribution in [0.15, 0.2) is 30.6 Å². The van der Waals surface area contributed by atoms with Crippen LogP contribution in [-0.2, 0) is 17.5 Å². The van der Waals surface area contributed by atoms with Crippen molar-refractivity contribution >= 4 is 17.8 Å². The molecule has 1 aromatic heterocycles. The molecular formula is C19H16F5N5O2. The molecular weight excluding hydrogens is 425 g/mol. The maximum atomic E-state index is 13.7. The zero-order chi connectivity index (χ0) is 22.4. The van der Waals surface area contributed by atoms with E-state index in [4.69, 9.17) is 0 Å². The summed E-state index contributed by atoms with van der Waals surface area (Å²) in [6.45, 7) is 0.437. The minimum atomic E-state index is -4.82. The number of carbonyl (C=O) groups is 2. The largest absolute Gasteiger partial charge is 0.434 e. The van der Waals surface area contributed by atoms with E-state index in [0.717, 1.165) is 23.2 Å². The molecule has 4 rings (SSSR count). The fraction of sp³-hybridized carbons (Fsp3) is 0.368. The number of aromatic nitrogens is 2. The Kier molecular flexibility index (Phi) is 5.12. The zero-order valence-corrected chi connectivity index (χ0v) is 15.9. The van der Waals surface area contributed by atoms with Crippen molar-refractivity contribution in [2.45, 2.75) is 31.1 Å². The topological polar surface area (TPSA) is 78.4 Å². The number of urea groups is 1. The van der Waals surface area contributed by atoms with Crippen molar-refractivity contribution in [1.29, 1.82) is 0 Å². The van der Waals surface area contributed by atoms with E-state index in [9.17, 15) is 31.5 Å². The first kappa shape index (κ1) is 21.1. The number of hydrogen-bond donors (Lipinski definition) is 1. The number of benzene rings is 1. The Morgan fingerprint density at radius 2 is 1.68 bits per heavy atom. The van der Waals surface area contributed by atoms with Gasteiger partial charge in [0.1, 0.15) is 17.2 Å². The molecule has 2 aromatic rings. The smallest absolute Gasteiger partial charge is 0.317 e. The summed E-state index contributed by atoms with van der Waals surface area (Å²) in [6.07, 6.45) is -3.08. The first-order chi connectivity index (χ1) is 14.6. The quantitative estimate of drug-likeness (QED) is 0.586. The summed E-state index contributed by atoms with van der Waals surface area (Å²) in [5.41, 5.74) is -2.62. The number of amides is 3. The Hall–Kier alpha value is -3.15. The Labute approximate surface area is 172 Å². The molecule has 12 heteroatoms. The summed E-state index contributed by atoms with van der Waals surface area (Å²) in [5, 5.41) is 3.05. The minimum absolute atomic E-state index is 0.105. The summed E-state index contributed by atoms with van der Waals surface area (Å²) in [7, 11) is 0. The van der Waals surface area contributed by atoms with Crippen LogP contribution >= 0.6 is 0 Å². The lowest BCUT2D eigenvalue weighted by Gasteiger charge is -2.38. The molecule has 3 heterocycles. The molecule has 2 fully saturated rings. The monoisotopic (exact) mass is 441 g/mol. The molecule has 1 N–H and O–H groups in total. The van der Waals surface area contributed by atoms with Crippen LogP contribution in [0.3, 0.4) is 0 Å². The molecule has 0 radical (unpaired) electrons. The number of anilines is 1. The molecule has 0 saturated carbocycles. The number of carbonyl (C=O) groups excluding carboxylic acids is 2. The van der Waals surface area contributed by atoms with E-state index in [2.05, 4.69) is 15.3 Å². The number of nitrogens with zero attached hydrogens (tertiary/aromatic N) is 4. The molecule has 0 unspecified atom stereocenters. The predicted octanol–water partition coefficient (Wildman–Crippen LogP) is 2.86. The highest BCUT2D eigenvalue weighted by molar-refractivity contribution is 6.22. The molecule has 0 atom stereocenters. The molecule has 2 aliphatic rings. The van der Waals surface area contributed by atoms with Gasteiger partial charge in [0.25, 0.3) is 5.91 Å².